The highest BCUT2D eigenvalue weighted by molar-refractivity contribution is 5.86. The van der Waals surface area contributed by atoms with Crippen molar-refractivity contribution >= 4 is 11.8 Å². The van der Waals surface area contributed by atoms with Crippen molar-refractivity contribution in [2.24, 2.45) is 23.7 Å². The SMILES string of the molecule is CCCCC[C@@](C)(O)/C=C/[C@H]1C(=O)C[C@H](O)[C@@H]1C/C=C\C[C@@H]1C[C@H]1C(=O)OC. The molecule has 28 heavy (non-hydrogen) atoms. The molecule has 0 aromatic rings. The fourth-order valence-electron chi connectivity index (χ4n) is 4.13. The number of allylic oxidation sites excluding steroid dienone is 3. The number of hydrogen-bond donors (Lipinski definition) is 2. The predicted molar refractivity (Wildman–Crippen MR) is 109 cm³/mol. The number of Topliss-reactive ketones (excluding diaryl/α,β-unsaturated/α-hetero) is 1. The average Bonchev–Trinajstić information content (AvgIpc) is 3.36. The Morgan fingerprint density at radius 1 is 1.29 bits per heavy atom. The van der Waals surface area contributed by atoms with Crippen LogP contribution in [0.3, 0.4) is 0 Å². The van der Waals surface area contributed by atoms with Gasteiger partial charge in [0.05, 0.1) is 24.7 Å². The van der Waals surface area contributed by atoms with Crippen LogP contribution in [0.2, 0.25) is 0 Å². The van der Waals surface area contributed by atoms with Crippen LogP contribution in [0.1, 0.15) is 65.2 Å². The normalized spacial score (nSPS) is 32.2. The van der Waals surface area contributed by atoms with E-state index in [0.717, 1.165) is 32.1 Å². The van der Waals surface area contributed by atoms with Crippen LogP contribution < -0.4 is 0 Å². The number of esters is 1. The van der Waals surface area contributed by atoms with E-state index in [-0.39, 0.29) is 35.9 Å². The van der Waals surface area contributed by atoms with Crippen molar-refractivity contribution in [1.82, 2.24) is 0 Å². The number of aliphatic hydroxyl groups is 2. The van der Waals surface area contributed by atoms with Crippen molar-refractivity contribution < 1.29 is 24.5 Å². The number of methoxy groups -OCH3 is 1. The molecule has 2 aliphatic carbocycles. The van der Waals surface area contributed by atoms with Crippen LogP contribution in [0.4, 0.5) is 0 Å². The summed E-state index contributed by atoms with van der Waals surface area (Å²) in [5, 5.41) is 20.8. The first-order valence-corrected chi connectivity index (χ1v) is 10.6. The number of unbranched alkanes of at least 4 members (excludes halogenated alkanes) is 2. The van der Waals surface area contributed by atoms with E-state index in [9.17, 15) is 19.8 Å². The number of rotatable bonds is 11. The molecule has 0 heterocycles. The second kappa shape index (κ2) is 10.4. The number of ether oxygens (including phenoxy) is 1. The second-order valence-electron chi connectivity index (χ2n) is 8.67. The fraction of sp³-hybridized carbons (Fsp3) is 0.739. The van der Waals surface area contributed by atoms with Gasteiger partial charge in [-0.2, -0.15) is 0 Å². The third kappa shape index (κ3) is 6.56. The van der Waals surface area contributed by atoms with Crippen molar-refractivity contribution in [2.75, 3.05) is 7.11 Å². The molecule has 2 N–H and O–H groups in total. The highest BCUT2D eigenvalue weighted by Gasteiger charge is 2.43. The molecule has 2 aliphatic rings. The minimum Gasteiger partial charge on any atom is -0.469 e. The van der Waals surface area contributed by atoms with Crippen molar-refractivity contribution in [3.63, 3.8) is 0 Å². The molecule has 0 amide bonds. The molecule has 0 aliphatic heterocycles. The molecule has 5 heteroatoms. The topological polar surface area (TPSA) is 83.8 Å². The average molecular weight is 393 g/mol. The van der Waals surface area contributed by atoms with E-state index in [1.807, 2.05) is 12.2 Å². The lowest BCUT2D eigenvalue weighted by atomic mass is 9.88. The van der Waals surface area contributed by atoms with E-state index in [1.165, 1.54) is 7.11 Å². The van der Waals surface area contributed by atoms with Gasteiger partial charge in [-0.15, -0.1) is 0 Å². The molecule has 2 rings (SSSR count). The van der Waals surface area contributed by atoms with Gasteiger partial charge in [0.2, 0.25) is 0 Å². The standard InChI is InChI=1S/C23H36O5/c1-4-5-8-12-23(2,27)13-11-18-17(20(24)15-21(18)25)10-7-6-9-16-14-19(16)22(26)28-3/h6-7,11,13,16-20,24,27H,4-5,8-10,12,14-15H2,1-3H3/b7-6-,13-11+/t16-,17-,18-,19-,20+,23-/m1/s1. The third-order valence-corrected chi connectivity index (χ3v) is 6.13. The Hall–Kier alpha value is -1.46. The number of carbonyl (C=O) groups is 2. The highest BCUT2D eigenvalue weighted by atomic mass is 16.5. The highest BCUT2D eigenvalue weighted by Crippen LogP contribution is 2.42. The smallest absolute Gasteiger partial charge is 0.308 e. The molecule has 0 bridgehead atoms. The Morgan fingerprint density at radius 3 is 2.68 bits per heavy atom. The quantitative estimate of drug-likeness (QED) is 0.319. The molecular weight excluding hydrogens is 356 g/mol. The summed E-state index contributed by atoms with van der Waals surface area (Å²) < 4.78 is 4.76. The van der Waals surface area contributed by atoms with E-state index >= 15 is 0 Å². The Bertz CT molecular complexity index is 592. The van der Waals surface area contributed by atoms with Crippen molar-refractivity contribution in [1.29, 1.82) is 0 Å². The maximum Gasteiger partial charge on any atom is 0.308 e. The van der Waals surface area contributed by atoms with Crippen LogP contribution in [0.5, 0.6) is 0 Å². The monoisotopic (exact) mass is 392 g/mol. The maximum atomic E-state index is 12.3. The van der Waals surface area contributed by atoms with Crippen molar-refractivity contribution in [3.8, 4) is 0 Å². The summed E-state index contributed by atoms with van der Waals surface area (Å²) >= 11 is 0. The molecule has 0 aromatic carbocycles. The minimum atomic E-state index is -0.918. The van der Waals surface area contributed by atoms with Gasteiger partial charge in [-0.3, -0.25) is 9.59 Å². The summed E-state index contributed by atoms with van der Waals surface area (Å²) in [7, 11) is 1.42. The van der Waals surface area contributed by atoms with Crippen LogP contribution in [0, 0.1) is 23.7 Å². The van der Waals surface area contributed by atoms with E-state index in [1.54, 1.807) is 19.1 Å². The Kier molecular flexibility index (Phi) is 8.44. The van der Waals surface area contributed by atoms with Crippen LogP contribution >= 0.6 is 0 Å². The lowest BCUT2D eigenvalue weighted by molar-refractivity contribution is -0.142. The molecule has 2 fully saturated rings. The molecule has 0 radical (unpaired) electrons. The first kappa shape index (κ1) is 22.8. The van der Waals surface area contributed by atoms with E-state index in [4.69, 9.17) is 4.74 Å². The zero-order chi connectivity index (χ0) is 20.7. The van der Waals surface area contributed by atoms with Crippen LogP contribution in [-0.2, 0) is 14.3 Å². The van der Waals surface area contributed by atoms with Gasteiger partial charge in [-0.05, 0) is 38.5 Å². The van der Waals surface area contributed by atoms with E-state index < -0.39 is 11.7 Å². The Balaban J connectivity index is 1.86. The molecule has 6 atom stereocenters. The number of hydrogen-bond acceptors (Lipinski definition) is 5. The molecule has 5 nitrogen and oxygen atoms in total. The van der Waals surface area contributed by atoms with Gasteiger partial charge in [-0.1, -0.05) is 50.5 Å². The van der Waals surface area contributed by atoms with Crippen LogP contribution in [0.25, 0.3) is 0 Å². The van der Waals surface area contributed by atoms with Gasteiger partial charge < -0.3 is 14.9 Å². The maximum absolute atomic E-state index is 12.3. The van der Waals surface area contributed by atoms with Gasteiger partial charge in [-0.25, -0.2) is 0 Å². The molecule has 0 spiro atoms. The number of ketones is 1. The van der Waals surface area contributed by atoms with Crippen molar-refractivity contribution in [3.05, 3.63) is 24.3 Å². The number of carbonyl (C=O) groups excluding carboxylic acids is 2. The van der Waals surface area contributed by atoms with E-state index in [2.05, 4.69) is 6.92 Å². The summed E-state index contributed by atoms with van der Waals surface area (Å²) in [6, 6.07) is 0. The van der Waals surface area contributed by atoms with E-state index in [0.29, 0.717) is 18.8 Å². The summed E-state index contributed by atoms with van der Waals surface area (Å²) in [6.07, 6.45) is 13.3. The lowest BCUT2D eigenvalue weighted by Crippen LogP contribution is -2.23. The molecular formula is C23H36O5. The van der Waals surface area contributed by atoms with Crippen LogP contribution in [0.15, 0.2) is 24.3 Å². The molecule has 2 saturated carbocycles. The first-order valence-electron chi connectivity index (χ1n) is 10.6. The summed E-state index contributed by atoms with van der Waals surface area (Å²) in [5.74, 6) is -0.208. The summed E-state index contributed by atoms with van der Waals surface area (Å²) in [5.41, 5.74) is -0.918. The predicted octanol–water partition coefficient (Wildman–Crippen LogP) is 3.59. The Morgan fingerprint density at radius 2 is 2.00 bits per heavy atom. The van der Waals surface area contributed by atoms with Gasteiger partial charge >= 0.3 is 5.97 Å². The molecule has 158 valence electrons. The Labute approximate surface area is 168 Å². The molecule has 0 unspecified atom stereocenters. The van der Waals surface area contributed by atoms with Gasteiger partial charge in [0.15, 0.2) is 0 Å². The lowest BCUT2D eigenvalue weighted by Gasteiger charge is -2.21. The van der Waals surface area contributed by atoms with Crippen LogP contribution in [-0.4, -0.2) is 40.8 Å². The number of aliphatic hydroxyl groups excluding tert-OH is 1. The molecule has 0 saturated heterocycles. The summed E-state index contributed by atoms with van der Waals surface area (Å²) in [4.78, 5) is 23.7. The summed E-state index contributed by atoms with van der Waals surface area (Å²) in [6.45, 7) is 3.90. The van der Waals surface area contributed by atoms with Gasteiger partial charge in [0.1, 0.15) is 5.78 Å². The van der Waals surface area contributed by atoms with Crippen molar-refractivity contribution in [2.45, 2.75) is 76.9 Å². The minimum absolute atomic E-state index is 0.0268. The fourth-order valence-corrected chi connectivity index (χ4v) is 4.13. The zero-order valence-electron chi connectivity index (χ0n) is 17.5. The van der Waals surface area contributed by atoms with Gasteiger partial charge in [0.25, 0.3) is 0 Å². The largest absolute Gasteiger partial charge is 0.469 e. The third-order valence-electron chi connectivity index (χ3n) is 6.13. The zero-order valence-corrected chi connectivity index (χ0v) is 17.5. The van der Waals surface area contributed by atoms with Gasteiger partial charge in [0, 0.05) is 18.3 Å². The first-order chi connectivity index (χ1) is 13.3. The molecule has 0 aromatic heterocycles. The second-order valence-corrected chi connectivity index (χ2v) is 8.67.